The van der Waals surface area contributed by atoms with E-state index in [2.05, 4.69) is 5.92 Å². The average Bonchev–Trinajstić information content (AvgIpc) is 2.64. The van der Waals surface area contributed by atoms with E-state index >= 15 is 0 Å². The van der Waals surface area contributed by atoms with Crippen molar-refractivity contribution in [1.82, 2.24) is 0 Å². The van der Waals surface area contributed by atoms with Gasteiger partial charge in [0.2, 0.25) is 6.79 Å². The smallest absolute Gasteiger partial charge is 0.231 e. The van der Waals surface area contributed by atoms with E-state index in [1.165, 1.54) is 0 Å². The van der Waals surface area contributed by atoms with E-state index in [0.29, 0.717) is 12.2 Å². The first-order chi connectivity index (χ1) is 6.79. The summed E-state index contributed by atoms with van der Waals surface area (Å²) in [6, 6.07) is 5.53. The van der Waals surface area contributed by atoms with Crippen LogP contribution in [0.3, 0.4) is 0 Å². The Bertz CT molecular complexity index is 379. The Hall–Kier alpha value is -1.66. The van der Waals surface area contributed by atoms with Gasteiger partial charge in [-0.05, 0) is 17.7 Å². The van der Waals surface area contributed by atoms with E-state index in [4.69, 9.17) is 15.9 Å². The van der Waals surface area contributed by atoms with Crippen LogP contribution in [0.4, 0.5) is 0 Å². The van der Waals surface area contributed by atoms with Crippen molar-refractivity contribution in [2.75, 3.05) is 6.79 Å². The molecule has 3 heteroatoms. The molecule has 1 aliphatic rings. The van der Waals surface area contributed by atoms with E-state index in [1.807, 2.05) is 18.2 Å². The van der Waals surface area contributed by atoms with Crippen molar-refractivity contribution in [3.63, 3.8) is 0 Å². The van der Waals surface area contributed by atoms with Crippen molar-refractivity contribution in [3.05, 3.63) is 23.8 Å². The Morgan fingerprint density at radius 1 is 1.43 bits per heavy atom. The molecular formula is C11H10O3. The predicted octanol–water partition coefficient (Wildman–Crippen LogP) is 0.952. The molecule has 2 rings (SSSR count). The molecule has 0 bridgehead atoms. The summed E-state index contributed by atoms with van der Waals surface area (Å²) in [7, 11) is 0. The van der Waals surface area contributed by atoms with E-state index in [-0.39, 0.29) is 6.79 Å². The Labute approximate surface area is 82.3 Å². The molecule has 1 aromatic rings. The van der Waals surface area contributed by atoms with Gasteiger partial charge in [0, 0.05) is 6.42 Å². The molecule has 72 valence electrons. The van der Waals surface area contributed by atoms with E-state index < -0.39 is 6.10 Å². The number of aliphatic hydroxyl groups is 1. The third-order valence-electron chi connectivity index (χ3n) is 2.06. The normalized spacial score (nSPS) is 14.9. The molecule has 0 amide bonds. The highest BCUT2D eigenvalue weighted by Gasteiger charge is 2.13. The van der Waals surface area contributed by atoms with Crippen LogP contribution in [0, 0.1) is 12.3 Å². The van der Waals surface area contributed by atoms with Gasteiger partial charge in [0.1, 0.15) is 6.10 Å². The molecule has 1 aromatic carbocycles. The van der Waals surface area contributed by atoms with Gasteiger partial charge in [0.25, 0.3) is 0 Å². The highest BCUT2D eigenvalue weighted by Crippen LogP contribution is 2.32. The molecule has 0 saturated heterocycles. The topological polar surface area (TPSA) is 38.7 Å². The summed E-state index contributed by atoms with van der Waals surface area (Å²) in [5.41, 5.74) is 0.944. The maximum atomic E-state index is 9.25. The number of ether oxygens (including phenoxy) is 2. The number of fused-ring (bicyclic) bond motifs is 1. The van der Waals surface area contributed by atoms with Crippen LogP contribution in [0.2, 0.25) is 0 Å². The molecule has 1 aliphatic heterocycles. The summed E-state index contributed by atoms with van der Waals surface area (Å²) in [5.74, 6) is 3.72. The number of aliphatic hydroxyl groups excluding tert-OH is 1. The lowest BCUT2D eigenvalue weighted by molar-refractivity contribution is 0.174. The van der Waals surface area contributed by atoms with Crippen LogP contribution in [-0.2, 0) is 6.42 Å². The van der Waals surface area contributed by atoms with Gasteiger partial charge in [-0.15, -0.1) is 6.42 Å². The highest BCUT2D eigenvalue weighted by molar-refractivity contribution is 5.44. The minimum Gasteiger partial charge on any atom is -0.454 e. The zero-order valence-electron chi connectivity index (χ0n) is 7.56. The van der Waals surface area contributed by atoms with Crippen molar-refractivity contribution in [2.24, 2.45) is 0 Å². The molecule has 0 spiro atoms. The molecular weight excluding hydrogens is 180 g/mol. The molecule has 0 aliphatic carbocycles. The van der Waals surface area contributed by atoms with Crippen LogP contribution in [-0.4, -0.2) is 18.0 Å². The molecule has 0 saturated carbocycles. The van der Waals surface area contributed by atoms with Crippen molar-refractivity contribution in [3.8, 4) is 23.8 Å². The SMILES string of the molecule is C#CC(O)Cc1ccc2c(c1)OCO2. The number of benzene rings is 1. The summed E-state index contributed by atoms with van der Waals surface area (Å²) >= 11 is 0. The Balaban J connectivity index is 2.17. The monoisotopic (exact) mass is 190 g/mol. The van der Waals surface area contributed by atoms with E-state index in [1.54, 1.807) is 0 Å². The first-order valence-corrected chi connectivity index (χ1v) is 4.32. The predicted molar refractivity (Wildman–Crippen MR) is 51.1 cm³/mol. The Morgan fingerprint density at radius 2 is 2.21 bits per heavy atom. The summed E-state index contributed by atoms with van der Waals surface area (Å²) in [4.78, 5) is 0. The fraction of sp³-hybridized carbons (Fsp3) is 0.273. The van der Waals surface area contributed by atoms with Crippen LogP contribution in [0.15, 0.2) is 18.2 Å². The lowest BCUT2D eigenvalue weighted by Gasteiger charge is -2.04. The van der Waals surface area contributed by atoms with Crippen LogP contribution in [0.25, 0.3) is 0 Å². The second-order valence-corrected chi connectivity index (χ2v) is 3.07. The quantitative estimate of drug-likeness (QED) is 0.706. The average molecular weight is 190 g/mol. The standard InChI is InChI=1S/C11H10O3/c1-2-9(12)5-8-3-4-10-11(6-8)14-7-13-10/h1,3-4,6,9,12H,5,7H2. The molecule has 1 atom stereocenters. The van der Waals surface area contributed by atoms with Gasteiger partial charge in [0.05, 0.1) is 0 Å². The summed E-state index contributed by atoms with van der Waals surface area (Å²) < 4.78 is 10.4. The third kappa shape index (κ3) is 1.66. The fourth-order valence-corrected chi connectivity index (χ4v) is 1.35. The zero-order valence-corrected chi connectivity index (χ0v) is 7.56. The maximum absolute atomic E-state index is 9.25. The van der Waals surface area contributed by atoms with Crippen LogP contribution >= 0.6 is 0 Å². The first kappa shape index (κ1) is 8.92. The summed E-state index contributed by atoms with van der Waals surface area (Å²) in [5, 5.41) is 9.25. The molecule has 1 unspecified atom stereocenters. The van der Waals surface area contributed by atoms with Crippen LogP contribution in [0.1, 0.15) is 5.56 Å². The summed E-state index contributed by atoms with van der Waals surface area (Å²) in [6.07, 6.45) is 4.77. The molecule has 0 fully saturated rings. The Morgan fingerprint density at radius 3 is 3.00 bits per heavy atom. The van der Waals surface area contributed by atoms with E-state index in [9.17, 15) is 5.11 Å². The lowest BCUT2D eigenvalue weighted by Crippen LogP contribution is -2.06. The molecule has 3 nitrogen and oxygen atoms in total. The molecule has 0 radical (unpaired) electrons. The number of hydrogen-bond acceptors (Lipinski definition) is 3. The largest absolute Gasteiger partial charge is 0.454 e. The number of rotatable bonds is 2. The minimum atomic E-state index is -0.740. The van der Waals surface area contributed by atoms with Gasteiger partial charge < -0.3 is 14.6 Å². The van der Waals surface area contributed by atoms with Gasteiger partial charge in [-0.25, -0.2) is 0 Å². The van der Waals surface area contributed by atoms with Crippen LogP contribution < -0.4 is 9.47 Å². The molecule has 0 aromatic heterocycles. The van der Waals surface area contributed by atoms with Crippen molar-refractivity contribution in [2.45, 2.75) is 12.5 Å². The van der Waals surface area contributed by atoms with Crippen LogP contribution in [0.5, 0.6) is 11.5 Å². The highest BCUT2D eigenvalue weighted by atomic mass is 16.7. The third-order valence-corrected chi connectivity index (χ3v) is 2.06. The van der Waals surface area contributed by atoms with Crippen molar-refractivity contribution in [1.29, 1.82) is 0 Å². The number of hydrogen-bond donors (Lipinski definition) is 1. The fourth-order valence-electron chi connectivity index (χ4n) is 1.35. The van der Waals surface area contributed by atoms with Gasteiger partial charge in [-0.1, -0.05) is 12.0 Å². The van der Waals surface area contributed by atoms with Crippen molar-refractivity contribution >= 4 is 0 Å². The second kappa shape index (κ2) is 3.60. The maximum Gasteiger partial charge on any atom is 0.231 e. The lowest BCUT2D eigenvalue weighted by atomic mass is 10.1. The van der Waals surface area contributed by atoms with Gasteiger partial charge >= 0.3 is 0 Å². The second-order valence-electron chi connectivity index (χ2n) is 3.07. The first-order valence-electron chi connectivity index (χ1n) is 4.32. The molecule has 1 heterocycles. The molecule has 14 heavy (non-hydrogen) atoms. The number of terminal acetylenes is 1. The van der Waals surface area contributed by atoms with Gasteiger partial charge in [-0.3, -0.25) is 0 Å². The summed E-state index contributed by atoms with van der Waals surface area (Å²) in [6.45, 7) is 0.260. The van der Waals surface area contributed by atoms with E-state index in [0.717, 1.165) is 11.3 Å². The van der Waals surface area contributed by atoms with Crippen molar-refractivity contribution < 1.29 is 14.6 Å². The van der Waals surface area contributed by atoms with Gasteiger partial charge in [0.15, 0.2) is 11.5 Å². The Kier molecular flexibility index (Phi) is 2.30. The molecule has 1 N–H and O–H groups in total. The van der Waals surface area contributed by atoms with Gasteiger partial charge in [-0.2, -0.15) is 0 Å². The zero-order chi connectivity index (χ0) is 9.97. The minimum absolute atomic E-state index is 0.260.